The van der Waals surface area contributed by atoms with Gasteiger partial charge in [0, 0.05) is 35.1 Å². The van der Waals surface area contributed by atoms with Gasteiger partial charge in [-0.3, -0.25) is 0 Å². The summed E-state index contributed by atoms with van der Waals surface area (Å²) in [5.41, 5.74) is 2.62. The summed E-state index contributed by atoms with van der Waals surface area (Å²) in [6, 6.07) is 14.9. The second-order valence-corrected chi connectivity index (χ2v) is 9.51. The molecule has 0 aliphatic heterocycles. The average Bonchev–Trinajstić information content (AvgIpc) is 3.44. The minimum atomic E-state index is -1.02. The second kappa shape index (κ2) is 9.55. The van der Waals surface area contributed by atoms with Crippen LogP contribution in [0.25, 0.3) is 0 Å². The molecular formula is C23H25N2O2S2-. The van der Waals surface area contributed by atoms with Crippen molar-refractivity contribution in [3.05, 3.63) is 69.4 Å². The number of carboxylic acid groups (broad SMARTS) is 1. The Bertz CT molecular complexity index is 900. The van der Waals surface area contributed by atoms with E-state index in [-0.39, 0.29) is 6.42 Å². The highest BCUT2D eigenvalue weighted by atomic mass is 32.1. The molecule has 1 aromatic carbocycles. The van der Waals surface area contributed by atoms with E-state index in [4.69, 9.17) is 4.98 Å². The van der Waals surface area contributed by atoms with Gasteiger partial charge in [-0.15, -0.1) is 22.7 Å². The molecule has 6 heteroatoms. The summed E-state index contributed by atoms with van der Waals surface area (Å²) >= 11 is 3.31. The number of aliphatic carboxylic acids is 1. The van der Waals surface area contributed by atoms with Gasteiger partial charge in [0.05, 0.1) is 12.2 Å². The molecule has 0 amide bonds. The molecule has 2 heterocycles. The minimum Gasteiger partial charge on any atom is -0.550 e. The van der Waals surface area contributed by atoms with Crippen molar-refractivity contribution in [3.63, 3.8) is 0 Å². The van der Waals surface area contributed by atoms with E-state index in [0.29, 0.717) is 24.9 Å². The molecule has 1 saturated carbocycles. The molecule has 1 aliphatic carbocycles. The summed E-state index contributed by atoms with van der Waals surface area (Å²) in [5, 5.41) is 16.1. The maximum Gasteiger partial charge on any atom is 0.185 e. The molecule has 1 fully saturated rings. The molecule has 4 rings (SSSR count). The zero-order valence-electron chi connectivity index (χ0n) is 16.3. The normalized spacial score (nSPS) is 19.2. The van der Waals surface area contributed by atoms with Crippen LogP contribution in [0.4, 0.5) is 5.13 Å². The molecule has 0 radical (unpaired) electrons. The third kappa shape index (κ3) is 5.25. The number of rotatable bonds is 8. The number of thiophene rings is 1. The van der Waals surface area contributed by atoms with Crippen molar-refractivity contribution in [1.29, 1.82) is 0 Å². The Balaban J connectivity index is 1.41. The first-order valence-corrected chi connectivity index (χ1v) is 11.9. The van der Waals surface area contributed by atoms with Crippen LogP contribution in [0.2, 0.25) is 0 Å². The molecule has 1 aliphatic rings. The van der Waals surface area contributed by atoms with Crippen molar-refractivity contribution >= 4 is 33.8 Å². The van der Waals surface area contributed by atoms with Crippen molar-refractivity contribution in [1.82, 2.24) is 4.98 Å². The Morgan fingerprint density at radius 2 is 1.79 bits per heavy atom. The highest BCUT2D eigenvalue weighted by Crippen LogP contribution is 2.41. The fourth-order valence-corrected chi connectivity index (χ4v) is 5.77. The van der Waals surface area contributed by atoms with Gasteiger partial charge in [0.15, 0.2) is 5.13 Å². The van der Waals surface area contributed by atoms with Crippen LogP contribution in [0.3, 0.4) is 0 Å². The van der Waals surface area contributed by atoms with Gasteiger partial charge in [0.2, 0.25) is 0 Å². The number of thiazole rings is 1. The summed E-state index contributed by atoms with van der Waals surface area (Å²) < 4.78 is 0. The molecule has 4 nitrogen and oxygen atoms in total. The zero-order valence-corrected chi connectivity index (χ0v) is 18.0. The Labute approximate surface area is 179 Å². The van der Waals surface area contributed by atoms with E-state index < -0.39 is 5.97 Å². The van der Waals surface area contributed by atoms with Gasteiger partial charge < -0.3 is 14.8 Å². The third-order valence-electron chi connectivity index (χ3n) is 5.71. The Morgan fingerprint density at radius 1 is 1.03 bits per heavy atom. The summed E-state index contributed by atoms with van der Waals surface area (Å²) in [4.78, 5) is 19.2. The lowest BCUT2D eigenvalue weighted by Gasteiger charge is -2.28. The third-order valence-corrected chi connectivity index (χ3v) is 7.49. The molecule has 0 N–H and O–H groups in total. The first kappa shape index (κ1) is 20.1. The van der Waals surface area contributed by atoms with Crippen LogP contribution in [0.1, 0.15) is 60.1 Å². The molecular weight excluding hydrogens is 400 g/mol. The van der Waals surface area contributed by atoms with Crippen molar-refractivity contribution in [2.24, 2.45) is 0 Å². The van der Waals surface area contributed by atoms with E-state index in [2.05, 4.69) is 46.7 Å². The van der Waals surface area contributed by atoms with E-state index in [0.717, 1.165) is 18.0 Å². The fraction of sp³-hybridized carbons (Fsp3) is 0.391. The Morgan fingerprint density at radius 3 is 2.48 bits per heavy atom. The van der Waals surface area contributed by atoms with Crippen molar-refractivity contribution in [2.75, 3.05) is 11.4 Å². The monoisotopic (exact) mass is 425 g/mol. The Hall–Kier alpha value is -2.18. The standard InChI is InChI=1S/C23H26N2O2S2/c26-22(27)12-13-25(15-20-7-4-14-28-20)23-24-21(16-29-23)19-10-8-18(9-11-19)17-5-2-1-3-6-17/h1-7,14,16,18-19H,8-13,15H2,(H,26,27)/p-1. The fourth-order valence-electron chi connectivity index (χ4n) is 4.12. The predicted molar refractivity (Wildman–Crippen MR) is 117 cm³/mol. The summed E-state index contributed by atoms with van der Waals surface area (Å²) in [6.45, 7) is 1.12. The zero-order chi connectivity index (χ0) is 20.1. The lowest BCUT2D eigenvalue weighted by atomic mass is 9.78. The van der Waals surface area contributed by atoms with Gasteiger partial charge in [-0.2, -0.15) is 0 Å². The molecule has 0 spiro atoms. The van der Waals surface area contributed by atoms with Crippen LogP contribution in [0, 0.1) is 0 Å². The van der Waals surface area contributed by atoms with Crippen LogP contribution in [-0.2, 0) is 11.3 Å². The maximum atomic E-state index is 11.0. The second-order valence-electron chi connectivity index (χ2n) is 7.64. The highest BCUT2D eigenvalue weighted by molar-refractivity contribution is 7.13. The number of anilines is 1. The molecule has 0 bridgehead atoms. The smallest absolute Gasteiger partial charge is 0.185 e. The lowest BCUT2D eigenvalue weighted by molar-refractivity contribution is -0.305. The molecule has 3 aromatic rings. The maximum absolute atomic E-state index is 11.0. The topological polar surface area (TPSA) is 56.3 Å². The van der Waals surface area contributed by atoms with Crippen LogP contribution >= 0.6 is 22.7 Å². The van der Waals surface area contributed by atoms with Crippen LogP contribution in [0.15, 0.2) is 53.2 Å². The van der Waals surface area contributed by atoms with Gasteiger partial charge in [-0.05, 0) is 48.6 Å². The number of hydrogen-bond acceptors (Lipinski definition) is 6. The molecule has 0 atom stereocenters. The van der Waals surface area contributed by atoms with Gasteiger partial charge in [0.25, 0.3) is 0 Å². The number of nitrogens with zero attached hydrogens (tertiary/aromatic N) is 2. The highest BCUT2D eigenvalue weighted by Gasteiger charge is 2.25. The van der Waals surface area contributed by atoms with Crippen molar-refractivity contribution in [2.45, 2.75) is 50.5 Å². The van der Waals surface area contributed by atoms with E-state index in [9.17, 15) is 9.90 Å². The number of carboxylic acids is 1. The minimum absolute atomic E-state index is 0.0163. The summed E-state index contributed by atoms with van der Waals surface area (Å²) in [6.07, 6.45) is 4.73. The van der Waals surface area contributed by atoms with E-state index in [1.807, 2.05) is 11.4 Å². The van der Waals surface area contributed by atoms with Crippen LogP contribution in [-0.4, -0.2) is 17.5 Å². The van der Waals surface area contributed by atoms with E-state index >= 15 is 0 Å². The quantitative estimate of drug-likeness (QED) is 0.521. The van der Waals surface area contributed by atoms with Crippen molar-refractivity contribution < 1.29 is 9.90 Å². The first-order valence-electron chi connectivity index (χ1n) is 10.2. The molecule has 0 saturated heterocycles. The average molecular weight is 426 g/mol. The van der Waals surface area contributed by atoms with Crippen molar-refractivity contribution in [3.8, 4) is 0 Å². The molecule has 29 heavy (non-hydrogen) atoms. The number of carbonyl (C=O) groups excluding carboxylic acids is 1. The number of aromatic nitrogens is 1. The number of carbonyl (C=O) groups is 1. The van der Waals surface area contributed by atoms with E-state index in [1.165, 1.54) is 29.0 Å². The number of benzene rings is 1. The SMILES string of the molecule is O=C([O-])CCN(Cc1cccs1)c1nc(C2CCC(c3ccccc3)CC2)cs1. The Kier molecular flexibility index (Phi) is 6.62. The summed E-state index contributed by atoms with van der Waals surface area (Å²) in [5.74, 6) is 0.144. The van der Waals surface area contributed by atoms with Crippen LogP contribution < -0.4 is 10.0 Å². The number of hydrogen-bond donors (Lipinski definition) is 0. The molecule has 0 unspecified atom stereocenters. The van der Waals surface area contributed by atoms with Crippen LogP contribution in [0.5, 0.6) is 0 Å². The van der Waals surface area contributed by atoms with E-state index in [1.54, 1.807) is 22.7 Å². The van der Waals surface area contributed by atoms with Gasteiger partial charge in [-0.25, -0.2) is 4.98 Å². The van der Waals surface area contributed by atoms with Gasteiger partial charge >= 0.3 is 0 Å². The largest absolute Gasteiger partial charge is 0.550 e. The summed E-state index contributed by atoms with van der Waals surface area (Å²) in [7, 11) is 0. The predicted octanol–water partition coefficient (Wildman–Crippen LogP) is 4.79. The molecule has 152 valence electrons. The lowest BCUT2D eigenvalue weighted by Crippen LogP contribution is -2.30. The van der Waals surface area contributed by atoms with Gasteiger partial charge in [0.1, 0.15) is 0 Å². The first-order chi connectivity index (χ1) is 14.2. The van der Waals surface area contributed by atoms with Gasteiger partial charge in [-0.1, -0.05) is 36.4 Å². The molecule has 2 aromatic heterocycles.